The van der Waals surface area contributed by atoms with E-state index in [1.807, 2.05) is 17.5 Å². The fourth-order valence-corrected chi connectivity index (χ4v) is 3.31. The zero-order chi connectivity index (χ0) is 16.8. The number of rotatable bonds is 6. The summed E-state index contributed by atoms with van der Waals surface area (Å²) >= 11 is 1.47. The lowest BCUT2D eigenvalue weighted by atomic mass is 10.3. The average molecular weight is 344 g/mol. The molecule has 0 aromatic carbocycles. The van der Waals surface area contributed by atoms with Crippen LogP contribution in [0.3, 0.4) is 0 Å². The second-order valence-corrected chi connectivity index (χ2v) is 6.41. The van der Waals surface area contributed by atoms with E-state index in [-0.39, 0.29) is 18.2 Å². The number of nitrogens with zero attached hydrogens (tertiary/aromatic N) is 2. The van der Waals surface area contributed by atoms with Gasteiger partial charge in [-0.05, 0) is 36.4 Å². The van der Waals surface area contributed by atoms with Crippen LogP contribution in [-0.4, -0.2) is 36.4 Å². The van der Waals surface area contributed by atoms with E-state index in [0.717, 1.165) is 37.4 Å². The van der Waals surface area contributed by atoms with E-state index in [1.165, 1.54) is 11.3 Å². The van der Waals surface area contributed by atoms with Crippen molar-refractivity contribution < 1.29 is 9.59 Å². The standard InChI is InChI=1S/C17H20N4O2S/c22-15(5-8-19-17(23)13-6-11-24-12-13)20-14-4-3-7-18-16(14)21-9-1-2-10-21/h3-4,6-7,11-12H,1-2,5,8-10H2,(H,19,23)(H,20,22). The number of aromatic nitrogens is 1. The molecule has 1 saturated heterocycles. The molecule has 0 spiro atoms. The minimum atomic E-state index is -0.150. The Hall–Kier alpha value is -2.41. The maximum absolute atomic E-state index is 12.1. The van der Waals surface area contributed by atoms with E-state index in [2.05, 4.69) is 20.5 Å². The van der Waals surface area contributed by atoms with Crippen LogP contribution in [-0.2, 0) is 4.79 Å². The summed E-state index contributed by atoms with van der Waals surface area (Å²) in [4.78, 5) is 30.5. The minimum absolute atomic E-state index is 0.130. The van der Waals surface area contributed by atoms with Crippen molar-refractivity contribution in [2.75, 3.05) is 29.9 Å². The molecule has 126 valence electrons. The van der Waals surface area contributed by atoms with Gasteiger partial charge in [-0.2, -0.15) is 11.3 Å². The fourth-order valence-electron chi connectivity index (χ4n) is 2.67. The van der Waals surface area contributed by atoms with Crippen molar-refractivity contribution in [1.29, 1.82) is 0 Å². The van der Waals surface area contributed by atoms with Gasteiger partial charge in [-0.25, -0.2) is 4.98 Å². The molecule has 2 N–H and O–H groups in total. The number of hydrogen-bond acceptors (Lipinski definition) is 5. The van der Waals surface area contributed by atoms with Crippen molar-refractivity contribution >= 4 is 34.7 Å². The molecule has 24 heavy (non-hydrogen) atoms. The van der Waals surface area contributed by atoms with Crippen molar-refractivity contribution in [2.45, 2.75) is 19.3 Å². The third-order valence-electron chi connectivity index (χ3n) is 3.89. The largest absolute Gasteiger partial charge is 0.355 e. The summed E-state index contributed by atoms with van der Waals surface area (Å²) < 4.78 is 0. The first-order valence-electron chi connectivity index (χ1n) is 8.04. The highest BCUT2D eigenvalue weighted by molar-refractivity contribution is 7.08. The van der Waals surface area contributed by atoms with Crippen LogP contribution in [0.4, 0.5) is 11.5 Å². The van der Waals surface area contributed by atoms with Gasteiger partial charge in [0.15, 0.2) is 5.82 Å². The van der Waals surface area contributed by atoms with Crippen LogP contribution < -0.4 is 15.5 Å². The molecule has 0 bridgehead atoms. The summed E-state index contributed by atoms with van der Waals surface area (Å²) in [5.41, 5.74) is 1.36. The lowest BCUT2D eigenvalue weighted by molar-refractivity contribution is -0.116. The van der Waals surface area contributed by atoms with Crippen molar-refractivity contribution in [3.63, 3.8) is 0 Å². The Morgan fingerprint density at radius 3 is 2.83 bits per heavy atom. The average Bonchev–Trinajstić information content (AvgIpc) is 3.29. The van der Waals surface area contributed by atoms with Crippen LogP contribution in [0.15, 0.2) is 35.2 Å². The number of pyridine rings is 1. The number of carbonyl (C=O) groups excluding carboxylic acids is 2. The molecule has 0 atom stereocenters. The van der Waals surface area contributed by atoms with Gasteiger partial charge in [0.25, 0.3) is 5.91 Å². The molecular weight excluding hydrogens is 324 g/mol. The quantitative estimate of drug-likeness (QED) is 0.844. The van der Waals surface area contributed by atoms with Gasteiger partial charge in [-0.3, -0.25) is 9.59 Å². The maximum atomic E-state index is 12.1. The van der Waals surface area contributed by atoms with E-state index in [4.69, 9.17) is 0 Å². The van der Waals surface area contributed by atoms with E-state index < -0.39 is 0 Å². The molecule has 0 aliphatic carbocycles. The van der Waals surface area contributed by atoms with Gasteiger partial charge in [-0.15, -0.1) is 0 Å². The highest BCUT2D eigenvalue weighted by Crippen LogP contribution is 2.26. The first-order chi connectivity index (χ1) is 11.7. The molecule has 6 nitrogen and oxygen atoms in total. The molecule has 3 heterocycles. The van der Waals surface area contributed by atoms with Crippen molar-refractivity contribution in [3.05, 3.63) is 40.7 Å². The Kier molecular flexibility index (Phi) is 5.43. The second-order valence-electron chi connectivity index (χ2n) is 5.63. The zero-order valence-electron chi connectivity index (χ0n) is 13.3. The Morgan fingerprint density at radius 2 is 2.08 bits per heavy atom. The first kappa shape index (κ1) is 16.4. The summed E-state index contributed by atoms with van der Waals surface area (Å²) in [6.45, 7) is 2.24. The van der Waals surface area contributed by atoms with Gasteiger partial charge in [0.05, 0.1) is 5.69 Å². The minimum Gasteiger partial charge on any atom is -0.355 e. The summed E-state index contributed by atoms with van der Waals surface area (Å²) in [6.07, 6.45) is 4.27. The van der Waals surface area contributed by atoms with Crippen LogP contribution in [0, 0.1) is 0 Å². The van der Waals surface area contributed by atoms with Gasteiger partial charge in [0, 0.05) is 43.2 Å². The van der Waals surface area contributed by atoms with Crippen LogP contribution in [0.25, 0.3) is 0 Å². The van der Waals surface area contributed by atoms with Crippen LogP contribution >= 0.6 is 11.3 Å². The van der Waals surface area contributed by atoms with Crippen LogP contribution in [0.1, 0.15) is 29.6 Å². The summed E-state index contributed by atoms with van der Waals surface area (Å²) in [6, 6.07) is 5.44. The molecule has 2 aromatic rings. The van der Waals surface area contributed by atoms with Gasteiger partial charge >= 0.3 is 0 Å². The SMILES string of the molecule is O=C(CCNC(=O)c1ccsc1)Nc1cccnc1N1CCCC1. The number of nitrogens with one attached hydrogen (secondary N) is 2. The molecular formula is C17H20N4O2S. The lowest BCUT2D eigenvalue weighted by Crippen LogP contribution is -2.28. The van der Waals surface area contributed by atoms with E-state index >= 15 is 0 Å². The lowest BCUT2D eigenvalue weighted by Gasteiger charge is -2.20. The van der Waals surface area contributed by atoms with Crippen molar-refractivity contribution in [1.82, 2.24) is 10.3 Å². The summed E-state index contributed by atoms with van der Waals surface area (Å²) in [7, 11) is 0. The molecule has 3 rings (SSSR count). The van der Waals surface area contributed by atoms with Gasteiger partial charge in [0.1, 0.15) is 0 Å². The van der Waals surface area contributed by atoms with Gasteiger partial charge < -0.3 is 15.5 Å². The van der Waals surface area contributed by atoms with Crippen LogP contribution in [0.2, 0.25) is 0 Å². The fraction of sp³-hybridized carbons (Fsp3) is 0.353. The number of thiophene rings is 1. The smallest absolute Gasteiger partial charge is 0.252 e. The van der Waals surface area contributed by atoms with Crippen LogP contribution in [0.5, 0.6) is 0 Å². The van der Waals surface area contributed by atoms with E-state index in [0.29, 0.717) is 12.1 Å². The topological polar surface area (TPSA) is 74.3 Å². The molecule has 1 fully saturated rings. The molecule has 7 heteroatoms. The molecule has 0 saturated carbocycles. The third-order valence-corrected chi connectivity index (χ3v) is 4.57. The molecule has 2 aromatic heterocycles. The molecule has 0 radical (unpaired) electrons. The Balaban J connectivity index is 1.51. The molecule has 1 aliphatic rings. The molecule has 1 aliphatic heterocycles. The third kappa shape index (κ3) is 4.11. The number of carbonyl (C=O) groups is 2. The summed E-state index contributed by atoms with van der Waals surface area (Å²) in [5, 5.41) is 9.29. The summed E-state index contributed by atoms with van der Waals surface area (Å²) in [5.74, 6) is 0.544. The number of amides is 2. The first-order valence-corrected chi connectivity index (χ1v) is 8.98. The van der Waals surface area contributed by atoms with E-state index in [9.17, 15) is 9.59 Å². The molecule has 0 unspecified atom stereocenters. The highest BCUT2D eigenvalue weighted by Gasteiger charge is 2.17. The van der Waals surface area contributed by atoms with E-state index in [1.54, 1.807) is 17.6 Å². The predicted molar refractivity (Wildman–Crippen MR) is 95.6 cm³/mol. The van der Waals surface area contributed by atoms with Gasteiger partial charge in [0.2, 0.25) is 5.91 Å². The highest BCUT2D eigenvalue weighted by atomic mass is 32.1. The molecule has 2 amide bonds. The number of anilines is 2. The Morgan fingerprint density at radius 1 is 1.25 bits per heavy atom. The Bertz CT molecular complexity index is 696. The van der Waals surface area contributed by atoms with Crippen molar-refractivity contribution in [2.24, 2.45) is 0 Å². The maximum Gasteiger partial charge on any atom is 0.252 e. The number of hydrogen-bond donors (Lipinski definition) is 2. The second kappa shape index (κ2) is 7.92. The van der Waals surface area contributed by atoms with Crippen molar-refractivity contribution in [3.8, 4) is 0 Å². The normalized spacial score (nSPS) is 13.8. The Labute approximate surface area is 144 Å². The predicted octanol–water partition coefficient (Wildman–Crippen LogP) is 2.50. The monoisotopic (exact) mass is 344 g/mol. The van der Waals surface area contributed by atoms with Gasteiger partial charge in [-0.1, -0.05) is 0 Å². The zero-order valence-corrected chi connectivity index (χ0v) is 14.1.